The van der Waals surface area contributed by atoms with Crippen LogP contribution in [0.5, 0.6) is 0 Å². The Balaban J connectivity index is 0.000000420. The second kappa shape index (κ2) is 29.9. The SMILES string of the molecule is CC(C)c1ccc(C(C)C)c(C[SiH](C)C)c1.CC(C)c1ccc(C(C)C)nc1.Cc1cc(C(C)C)ccc1C(C)C.Cc1cc(C(C)C)ccc1C(C)C.Cc1cc(C(C)C)cnc1C(C)C. The molecule has 0 spiro atoms. The van der Waals surface area contributed by atoms with Gasteiger partial charge >= 0.3 is 0 Å². The maximum atomic E-state index is 4.50. The Morgan fingerprint density at radius 3 is 1.00 bits per heavy atom. The van der Waals surface area contributed by atoms with Gasteiger partial charge in [0, 0.05) is 32.6 Å². The number of nitrogens with zero attached hydrogens (tertiary/aromatic N) is 2. The summed E-state index contributed by atoms with van der Waals surface area (Å²) in [5.74, 6) is 6.08. The maximum Gasteiger partial charge on any atom is 0.0458 e. The largest absolute Gasteiger partial charge is 0.261 e. The van der Waals surface area contributed by atoms with Crippen molar-refractivity contribution in [3.05, 3.63) is 163 Å². The Morgan fingerprint density at radius 1 is 0.343 bits per heavy atom. The predicted octanol–water partition coefficient (Wildman–Crippen LogP) is 20.0. The molecule has 0 aliphatic rings. The first-order valence-electron chi connectivity index (χ1n) is 26.3. The van der Waals surface area contributed by atoms with Gasteiger partial charge in [-0.15, -0.1) is 0 Å². The van der Waals surface area contributed by atoms with E-state index in [9.17, 15) is 0 Å². The molecule has 5 rings (SSSR count). The number of aryl methyl sites for hydroxylation is 3. The predicted molar refractivity (Wildman–Crippen MR) is 305 cm³/mol. The molecule has 3 heteroatoms. The van der Waals surface area contributed by atoms with Gasteiger partial charge in [-0.1, -0.05) is 218 Å². The minimum Gasteiger partial charge on any atom is -0.261 e. The van der Waals surface area contributed by atoms with Gasteiger partial charge in [0.1, 0.15) is 0 Å². The van der Waals surface area contributed by atoms with Gasteiger partial charge in [-0.05, 0) is 159 Å². The van der Waals surface area contributed by atoms with Crippen LogP contribution >= 0.6 is 0 Å². The average molecular weight is 928 g/mol. The van der Waals surface area contributed by atoms with E-state index in [1.54, 1.807) is 11.1 Å². The third-order valence-corrected chi connectivity index (χ3v) is 13.9. The van der Waals surface area contributed by atoms with Crippen molar-refractivity contribution in [2.24, 2.45) is 0 Å². The molecule has 67 heavy (non-hydrogen) atoms. The summed E-state index contributed by atoms with van der Waals surface area (Å²) in [6.07, 6.45) is 3.99. The molecule has 0 aliphatic carbocycles. The van der Waals surface area contributed by atoms with Gasteiger partial charge in [0.25, 0.3) is 0 Å². The molecule has 2 aromatic heterocycles. The van der Waals surface area contributed by atoms with Gasteiger partial charge in [0.15, 0.2) is 0 Å². The fourth-order valence-corrected chi connectivity index (χ4v) is 9.44. The van der Waals surface area contributed by atoms with Gasteiger partial charge in [0.05, 0.1) is 0 Å². The molecule has 3 aromatic carbocycles. The molecule has 0 atom stereocenters. The third-order valence-electron chi connectivity index (χ3n) is 12.7. The lowest BCUT2D eigenvalue weighted by Gasteiger charge is -2.17. The molecule has 2 heterocycles. The molecule has 372 valence electrons. The second-order valence-corrected chi connectivity index (χ2v) is 26.0. The zero-order valence-corrected chi connectivity index (χ0v) is 49.2. The van der Waals surface area contributed by atoms with Gasteiger partial charge in [-0.3, -0.25) is 9.97 Å². The number of hydrogen-bond acceptors (Lipinski definition) is 2. The topological polar surface area (TPSA) is 25.8 Å². The van der Waals surface area contributed by atoms with Gasteiger partial charge in [0.2, 0.25) is 0 Å². The zero-order chi connectivity index (χ0) is 51.5. The van der Waals surface area contributed by atoms with Crippen LogP contribution in [0.1, 0.15) is 276 Å². The van der Waals surface area contributed by atoms with E-state index in [1.807, 2.05) is 12.4 Å². The number of aromatic nitrogens is 2. The van der Waals surface area contributed by atoms with Crippen molar-refractivity contribution in [3.8, 4) is 0 Å². The van der Waals surface area contributed by atoms with E-state index in [1.165, 1.54) is 73.1 Å². The lowest BCUT2D eigenvalue weighted by Crippen LogP contribution is -2.09. The minimum absolute atomic E-state index is 0.518. The van der Waals surface area contributed by atoms with Crippen molar-refractivity contribution in [2.45, 2.75) is 238 Å². The van der Waals surface area contributed by atoms with Crippen LogP contribution in [-0.4, -0.2) is 18.8 Å². The zero-order valence-electron chi connectivity index (χ0n) is 48.0. The number of pyridine rings is 2. The molecule has 0 saturated carbocycles. The summed E-state index contributed by atoms with van der Waals surface area (Å²) in [4.78, 5) is 8.90. The van der Waals surface area contributed by atoms with Crippen LogP contribution < -0.4 is 0 Å². The van der Waals surface area contributed by atoms with E-state index in [0.717, 1.165) is 0 Å². The van der Waals surface area contributed by atoms with Crippen LogP contribution in [0.3, 0.4) is 0 Å². The molecule has 0 N–H and O–H groups in total. The van der Waals surface area contributed by atoms with Crippen LogP contribution in [0.25, 0.3) is 0 Å². The van der Waals surface area contributed by atoms with E-state index in [-0.39, 0.29) is 0 Å². The van der Waals surface area contributed by atoms with Crippen molar-refractivity contribution in [1.29, 1.82) is 0 Å². The average Bonchev–Trinajstić information content (AvgIpc) is 3.23. The van der Waals surface area contributed by atoms with Gasteiger partial charge in [-0.25, -0.2) is 0 Å². The van der Waals surface area contributed by atoms with Gasteiger partial charge < -0.3 is 0 Å². The number of rotatable bonds is 12. The highest BCUT2D eigenvalue weighted by Crippen LogP contribution is 2.27. The summed E-state index contributed by atoms with van der Waals surface area (Å²) in [5.41, 5.74) is 19.8. The maximum absolute atomic E-state index is 4.50. The normalized spacial score (nSPS) is 11.4. The summed E-state index contributed by atoms with van der Waals surface area (Å²) < 4.78 is 0. The molecule has 0 fully saturated rings. The lowest BCUT2D eigenvalue weighted by molar-refractivity contribution is 0.791. The summed E-state index contributed by atoms with van der Waals surface area (Å²) >= 11 is 0. The fraction of sp³-hybridized carbons (Fsp3) is 0.562. The molecular weight excluding hydrogens is 825 g/mol. The Morgan fingerprint density at radius 2 is 0.701 bits per heavy atom. The summed E-state index contributed by atoms with van der Waals surface area (Å²) in [7, 11) is -0.518. The molecule has 0 amide bonds. The van der Waals surface area contributed by atoms with Crippen LogP contribution in [0.2, 0.25) is 13.1 Å². The smallest absolute Gasteiger partial charge is 0.0458 e. The Labute approximate surface area is 417 Å². The number of hydrogen-bond donors (Lipinski definition) is 0. The molecule has 0 unspecified atom stereocenters. The van der Waals surface area contributed by atoms with E-state index < -0.39 is 8.80 Å². The highest BCUT2D eigenvalue weighted by Gasteiger charge is 2.12. The van der Waals surface area contributed by atoms with Crippen LogP contribution in [0.4, 0.5) is 0 Å². The summed E-state index contributed by atoms with van der Waals surface area (Å²) in [6, 6.07) is 28.7. The van der Waals surface area contributed by atoms with Crippen LogP contribution in [-0.2, 0) is 6.04 Å². The quantitative estimate of drug-likeness (QED) is 0.117. The first-order chi connectivity index (χ1) is 31.1. The van der Waals surface area contributed by atoms with Crippen LogP contribution in [0, 0.1) is 20.8 Å². The molecule has 0 saturated heterocycles. The van der Waals surface area contributed by atoms with Crippen molar-refractivity contribution in [1.82, 2.24) is 9.97 Å². The highest BCUT2D eigenvalue weighted by atomic mass is 28.3. The standard InChI is InChI=1S/C15H26Si.2C13H20.C12H19N.C11H17N/c1-11(2)13-7-8-15(12(3)4)14(9-13)10-16(5)6;2*1-9(2)12-6-7-13(10(3)4)11(5)8-12;1-8(2)11-6-10(5)12(9(3)4)13-7-11;1-8(2)10-5-6-11(9(3)4)12-7-10/h7-9,11-12,16H,10H2,1-6H3;2*6-10H,1-5H3;6-9H,1-5H3;5-9H,1-4H3. The van der Waals surface area contributed by atoms with Gasteiger partial charge in [-0.2, -0.15) is 0 Å². The minimum atomic E-state index is -0.518. The second-order valence-electron chi connectivity index (χ2n) is 22.8. The van der Waals surface area contributed by atoms with E-state index >= 15 is 0 Å². The fourth-order valence-electron chi connectivity index (χ4n) is 8.20. The monoisotopic (exact) mass is 927 g/mol. The first kappa shape index (κ1) is 61.2. The van der Waals surface area contributed by atoms with Crippen molar-refractivity contribution in [2.75, 3.05) is 0 Å². The Bertz CT molecular complexity index is 1970. The Hall–Kier alpha value is -3.82. The van der Waals surface area contributed by atoms with E-state index in [4.69, 9.17) is 0 Å². The van der Waals surface area contributed by atoms with E-state index in [0.29, 0.717) is 59.2 Å². The Kier molecular flexibility index (Phi) is 27.3. The van der Waals surface area contributed by atoms with Crippen molar-refractivity contribution in [3.63, 3.8) is 0 Å². The highest BCUT2D eigenvalue weighted by molar-refractivity contribution is 6.55. The summed E-state index contributed by atoms with van der Waals surface area (Å²) in [5, 5.41) is 0. The third kappa shape index (κ3) is 21.6. The molecule has 0 radical (unpaired) electrons. The molecule has 2 nitrogen and oxygen atoms in total. The first-order valence-corrected chi connectivity index (χ1v) is 29.5. The van der Waals surface area contributed by atoms with E-state index in [2.05, 4.69) is 255 Å². The van der Waals surface area contributed by atoms with Crippen LogP contribution in [0.15, 0.2) is 85.2 Å². The van der Waals surface area contributed by atoms with Crippen molar-refractivity contribution < 1.29 is 0 Å². The molecule has 0 bridgehead atoms. The van der Waals surface area contributed by atoms with Crippen molar-refractivity contribution >= 4 is 8.80 Å². The number of benzene rings is 3. The lowest BCUT2D eigenvalue weighted by atomic mass is 9.93. The molecule has 0 aliphatic heterocycles. The molecule has 5 aromatic rings. The summed E-state index contributed by atoms with van der Waals surface area (Å²) in [6.45, 7) is 56.0. The molecular formula is C64H102N2Si.